The van der Waals surface area contributed by atoms with Crippen molar-refractivity contribution >= 4 is 34.9 Å². The van der Waals surface area contributed by atoms with Crippen LogP contribution in [-0.4, -0.2) is 76.3 Å². The highest BCUT2D eigenvalue weighted by Gasteiger charge is 2.14. The second-order valence-corrected chi connectivity index (χ2v) is 7.60. The van der Waals surface area contributed by atoms with Gasteiger partial charge < -0.3 is 25.0 Å². The van der Waals surface area contributed by atoms with Crippen LogP contribution >= 0.6 is 0 Å². The van der Waals surface area contributed by atoms with Crippen LogP contribution in [0.25, 0.3) is 0 Å². The van der Waals surface area contributed by atoms with Crippen LogP contribution in [0.3, 0.4) is 0 Å². The van der Waals surface area contributed by atoms with Crippen LogP contribution in [0.5, 0.6) is 5.75 Å². The highest BCUT2D eigenvalue weighted by Crippen LogP contribution is 2.19. The highest BCUT2D eigenvalue weighted by atomic mass is 16.5. The minimum atomic E-state index is -0.650. The molecule has 3 N–H and O–H groups in total. The first kappa shape index (κ1) is 24.0. The van der Waals surface area contributed by atoms with Gasteiger partial charge in [0, 0.05) is 30.2 Å². The van der Waals surface area contributed by atoms with Crippen LogP contribution in [0.15, 0.2) is 48.5 Å². The monoisotopic (exact) mass is 455 g/mol. The Morgan fingerprint density at radius 2 is 1.48 bits per heavy atom. The van der Waals surface area contributed by atoms with Crippen molar-refractivity contribution in [3.63, 3.8) is 0 Å². The normalized spacial score (nSPS) is 13.4. The lowest BCUT2D eigenvalue weighted by molar-refractivity contribution is -0.122. The van der Waals surface area contributed by atoms with E-state index in [0.717, 1.165) is 18.8 Å². The molecule has 1 aliphatic heterocycles. The molecule has 0 unspecified atom stereocenters. The van der Waals surface area contributed by atoms with Gasteiger partial charge in [0.2, 0.25) is 11.8 Å². The van der Waals surface area contributed by atoms with Gasteiger partial charge in [-0.1, -0.05) is 0 Å². The molecule has 0 spiro atoms. The highest BCUT2D eigenvalue weighted by molar-refractivity contribution is 6.02. The second kappa shape index (κ2) is 11.8. The van der Waals surface area contributed by atoms with E-state index >= 15 is 0 Å². The van der Waals surface area contributed by atoms with Crippen LogP contribution in [0.2, 0.25) is 0 Å². The fourth-order valence-electron chi connectivity index (χ4n) is 3.33. The summed E-state index contributed by atoms with van der Waals surface area (Å²) in [5.74, 6) is -0.122. The van der Waals surface area contributed by atoms with E-state index in [1.165, 1.54) is 4.90 Å². The molecule has 2 aromatic carbocycles. The summed E-state index contributed by atoms with van der Waals surface area (Å²) in [4.78, 5) is 40.1. The van der Waals surface area contributed by atoms with Crippen molar-refractivity contribution in [2.24, 2.45) is 0 Å². The lowest BCUT2D eigenvalue weighted by atomic mass is 10.2. The number of carbonyl (C=O) groups excluding carboxylic acids is 3. The number of rotatable bonds is 8. The molecule has 0 atom stereocenters. The molecular formula is C23H29N5O5. The van der Waals surface area contributed by atoms with Crippen LogP contribution in [0, 0.1) is 0 Å². The summed E-state index contributed by atoms with van der Waals surface area (Å²) in [6.07, 6.45) is 0. The van der Waals surface area contributed by atoms with Gasteiger partial charge in [0.05, 0.1) is 33.4 Å². The zero-order chi connectivity index (χ0) is 23.6. The Morgan fingerprint density at radius 1 is 0.909 bits per heavy atom. The Balaban J connectivity index is 1.39. The standard InChI is InChI=1S/C23H29N5O5/c1-27(16-22(30)26-23(31)25-18-5-9-20(32-2)10-6-18)15-21(29)24-17-3-7-19(8-4-17)28-11-13-33-14-12-28/h3-10H,11-16H2,1-2H3,(H,24,29)(H2,25,26,30,31). The number of likely N-dealkylation sites (N-methyl/N-ethyl adjacent to an activating group) is 1. The topological polar surface area (TPSA) is 112 Å². The van der Waals surface area contributed by atoms with Gasteiger partial charge in [-0.05, 0) is 55.6 Å². The smallest absolute Gasteiger partial charge is 0.325 e. The summed E-state index contributed by atoms with van der Waals surface area (Å²) in [6.45, 7) is 2.99. The number of methoxy groups -OCH3 is 1. The third-order valence-corrected chi connectivity index (χ3v) is 4.96. The minimum absolute atomic E-state index is 0.00126. The van der Waals surface area contributed by atoms with Gasteiger partial charge >= 0.3 is 6.03 Å². The average Bonchev–Trinajstić information content (AvgIpc) is 2.80. The Morgan fingerprint density at radius 3 is 2.12 bits per heavy atom. The molecule has 2 aromatic rings. The molecular weight excluding hydrogens is 426 g/mol. The minimum Gasteiger partial charge on any atom is -0.497 e. The number of nitrogens with one attached hydrogen (secondary N) is 3. The molecule has 4 amide bonds. The van der Waals surface area contributed by atoms with Crippen LogP contribution in [0.4, 0.5) is 21.9 Å². The molecule has 33 heavy (non-hydrogen) atoms. The molecule has 0 aliphatic carbocycles. The number of anilines is 3. The first-order valence-corrected chi connectivity index (χ1v) is 10.6. The Labute approximate surface area is 192 Å². The first-order chi connectivity index (χ1) is 15.9. The van der Waals surface area contributed by atoms with E-state index < -0.39 is 11.9 Å². The predicted molar refractivity (Wildman–Crippen MR) is 126 cm³/mol. The molecule has 1 aliphatic rings. The van der Waals surface area contributed by atoms with Crippen molar-refractivity contribution < 1.29 is 23.9 Å². The van der Waals surface area contributed by atoms with E-state index in [9.17, 15) is 14.4 Å². The Bertz CT molecular complexity index is 943. The number of benzene rings is 2. The van der Waals surface area contributed by atoms with Gasteiger partial charge in [0.15, 0.2) is 0 Å². The quantitative estimate of drug-likeness (QED) is 0.556. The van der Waals surface area contributed by atoms with Crippen molar-refractivity contribution in [2.45, 2.75) is 0 Å². The number of hydrogen-bond acceptors (Lipinski definition) is 7. The second-order valence-electron chi connectivity index (χ2n) is 7.60. The molecule has 1 saturated heterocycles. The predicted octanol–water partition coefficient (Wildman–Crippen LogP) is 1.75. The van der Waals surface area contributed by atoms with E-state index in [1.807, 2.05) is 24.3 Å². The van der Waals surface area contributed by atoms with Crippen molar-refractivity contribution in [1.82, 2.24) is 10.2 Å². The van der Waals surface area contributed by atoms with E-state index in [0.29, 0.717) is 30.3 Å². The average molecular weight is 456 g/mol. The molecule has 0 bridgehead atoms. The number of imide groups is 1. The number of nitrogens with zero attached hydrogens (tertiary/aromatic N) is 2. The molecule has 1 fully saturated rings. The molecule has 0 radical (unpaired) electrons. The van der Waals surface area contributed by atoms with Gasteiger partial charge in [0.25, 0.3) is 0 Å². The molecule has 10 heteroatoms. The van der Waals surface area contributed by atoms with Gasteiger partial charge in [-0.25, -0.2) is 4.79 Å². The number of urea groups is 1. The summed E-state index contributed by atoms with van der Waals surface area (Å²) in [7, 11) is 3.18. The SMILES string of the molecule is COc1ccc(NC(=O)NC(=O)CN(C)CC(=O)Nc2ccc(N3CCOCC3)cc2)cc1. The molecule has 10 nitrogen and oxygen atoms in total. The lowest BCUT2D eigenvalue weighted by Crippen LogP contribution is -2.42. The van der Waals surface area contributed by atoms with E-state index in [2.05, 4.69) is 20.9 Å². The van der Waals surface area contributed by atoms with Crippen LogP contribution < -0.4 is 25.6 Å². The third kappa shape index (κ3) is 7.78. The van der Waals surface area contributed by atoms with E-state index in [1.54, 1.807) is 38.4 Å². The maximum absolute atomic E-state index is 12.3. The van der Waals surface area contributed by atoms with Crippen LogP contribution in [0.1, 0.15) is 0 Å². The number of ether oxygens (including phenoxy) is 2. The van der Waals surface area contributed by atoms with Crippen molar-refractivity contribution in [3.05, 3.63) is 48.5 Å². The Kier molecular flexibility index (Phi) is 8.62. The third-order valence-electron chi connectivity index (χ3n) is 4.96. The number of morpholine rings is 1. The fourth-order valence-corrected chi connectivity index (χ4v) is 3.33. The molecule has 176 valence electrons. The molecule has 3 rings (SSSR count). The van der Waals surface area contributed by atoms with Crippen molar-refractivity contribution in [2.75, 3.05) is 69.1 Å². The van der Waals surface area contributed by atoms with Crippen molar-refractivity contribution in [3.8, 4) is 5.75 Å². The zero-order valence-electron chi connectivity index (χ0n) is 18.8. The van der Waals surface area contributed by atoms with Gasteiger partial charge in [-0.2, -0.15) is 0 Å². The first-order valence-electron chi connectivity index (χ1n) is 10.6. The molecule has 0 aromatic heterocycles. The summed E-state index contributed by atoms with van der Waals surface area (Å²) in [6, 6.07) is 13.7. The summed E-state index contributed by atoms with van der Waals surface area (Å²) < 4.78 is 10.4. The number of amides is 4. The number of hydrogen-bond donors (Lipinski definition) is 3. The Hall–Kier alpha value is -3.63. The summed E-state index contributed by atoms with van der Waals surface area (Å²) in [5.41, 5.74) is 2.28. The van der Waals surface area contributed by atoms with Crippen molar-refractivity contribution in [1.29, 1.82) is 0 Å². The van der Waals surface area contributed by atoms with Crippen LogP contribution in [-0.2, 0) is 14.3 Å². The van der Waals surface area contributed by atoms with Gasteiger partial charge in [-0.15, -0.1) is 0 Å². The van der Waals surface area contributed by atoms with E-state index in [-0.39, 0.29) is 19.0 Å². The largest absolute Gasteiger partial charge is 0.497 e. The van der Waals surface area contributed by atoms with E-state index in [4.69, 9.17) is 9.47 Å². The lowest BCUT2D eigenvalue weighted by Gasteiger charge is -2.28. The maximum Gasteiger partial charge on any atom is 0.325 e. The molecule has 1 heterocycles. The summed E-state index contributed by atoms with van der Waals surface area (Å²) >= 11 is 0. The molecule has 0 saturated carbocycles. The summed E-state index contributed by atoms with van der Waals surface area (Å²) in [5, 5.41) is 7.62. The number of carbonyl (C=O) groups is 3. The maximum atomic E-state index is 12.3. The van der Waals surface area contributed by atoms with Gasteiger partial charge in [0.1, 0.15) is 5.75 Å². The van der Waals surface area contributed by atoms with Gasteiger partial charge in [-0.3, -0.25) is 19.8 Å². The fraction of sp³-hybridized carbons (Fsp3) is 0.348. The zero-order valence-corrected chi connectivity index (χ0v) is 18.8.